The van der Waals surface area contributed by atoms with E-state index < -0.39 is 9.84 Å². The van der Waals surface area contributed by atoms with Crippen molar-refractivity contribution in [1.82, 2.24) is 9.97 Å². The minimum Gasteiger partial charge on any atom is -0.223 e. The van der Waals surface area contributed by atoms with Gasteiger partial charge in [0.25, 0.3) is 0 Å². The van der Waals surface area contributed by atoms with Crippen LogP contribution in [0.1, 0.15) is 37.4 Å². The highest BCUT2D eigenvalue weighted by atomic mass is 35.5. The second-order valence-electron chi connectivity index (χ2n) is 3.88. The molecular weight excluding hydrogens is 248 g/mol. The second-order valence-corrected chi connectivity index (χ2v) is 6.15. The summed E-state index contributed by atoms with van der Waals surface area (Å²) in [6.45, 7) is 5.80. The Bertz CT molecular complexity index is 477. The molecule has 1 rings (SSSR count). The maximum atomic E-state index is 11.3. The molecule has 1 unspecified atom stereocenters. The summed E-state index contributed by atoms with van der Waals surface area (Å²) in [6.07, 6.45) is 1.98. The molecule has 0 N–H and O–H groups in total. The van der Waals surface area contributed by atoms with Gasteiger partial charge in [-0.2, -0.15) is 0 Å². The predicted octanol–water partition coefficient (Wildman–Crippen LogP) is 2.36. The number of aryl methyl sites for hydroxylation is 1. The summed E-state index contributed by atoms with van der Waals surface area (Å²) < 4.78 is 22.6. The van der Waals surface area contributed by atoms with Crippen LogP contribution in [-0.2, 0) is 9.84 Å². The quantitative estimate of drug-likeness (QED) is 0.620. The van der Waals surface area contributed by atoms with E-state index >= 15 is 0 Å². The number of halogens is 1. The summed E-state index contributed by atoms with van der Waals surface area (Å²) in [4.78, 5) is 7.83. The van der Waals surface area contributed by atoms with Crippen molar-refractivity contribution in [1.29, 1.82) is 0 Å². The number of sulfone groups is 1. The summed E-state index contributed by atoms with van der Waals surface area (Å²) in [5, 5.41) is 0.0318. The molecular formula is C10H15ClN2O2S. The lowest BCUT2D eigenvalue weighted by Crippen LogP contribution is -2.09. The topological polar surface area (TPSA) is 59.9 Å². The second kappa shape index (κ2) is 4.67. The lowest BCUT2D eigenvalue weighted by atomic mass is 9.99. The zero-order chi connectivity index (χ0) is 12.5. The first-order valence-corrected chi connectivity index (χ1v) is 7.28. The van der Waals surface area contributed by atoms with Crippen molar-refractivity contribution < 1.29 is 8.42 Å². The number of rotatable bonds is 3. The number of nitrogens with zero attached hydrogens (tertiary/aromatic N) is 2. The first-order chi connectivity index (χ1) is 7.27. The Labute approximate surface area is 101 Å². The Morgan fingerprint density at radius 3 is 2.31 bits per heavy atom. The average molecular weight is 263 g/mol. The van der Waals surface area contributed by atoms with Crippen molar-refractivity contribution in [2.45, 2.75) is 38.3 Å². The summed E-state index contributed by atoms with van der Waals surface area (Å²) in [6, 6.07) is 0. The number of hydrogen-bond acceptors (Lipinski definition) is 4. The molecule has 1 atom stereocenters. The highest BCUT2D eigenvalue weighted by Gasteiger charge is 2.19. The van der Waals surface area contributed by atoms with Gasteiger partial charge in [-0.25, -0.2) is 18.4 Å². The molecule has 0 radical (unpaired) electrons. The maximum Gasteiger partial charge on any atom is 0.248 e. The fraction of sp³-hybridized carbons (Fsp3) is 0.600. The first-order valence-electron chi connectivity index (χ1n) is 5.01. The van der Waals surface area contributed by atoms with E-state index in [4.69, 9.17) is 11.6 Å². The van der Waals surface area contributed by atoms with Crippen molar-refractivity contribution in [3.05, 3.63) is 16.4 Å². The molecule has 0 saturated heterocycles. The van der Waals surface area contributed by atoms with Crippen molar-refractivity contribution in [3.63, 3.8) is 0 Å². The molecule has 16 heavy (non-hydrogen) atoms. The summed E-state index contributed by atoms with van der Waals surface area (Å²) >= 11 is 6.00. The van der Waals surface area contributed by atoms with Gasteiger partial charge < -0.3 is 0 Å². The summed E-state index contributed by atoms with van der Waals surface area (Å²) in [7, 11) is -3.40. The van der Waals surface area contributed by atoms with Gasteiger partial charge in [0.2, 0.25) is 15.0 Å². The fourth-order valence-corrected chi connectivity index (χ4v) is 2.47. The monoisotopic (exact) mass is 262 g/mol. The molecule has 0 aromatic carbocycles. The fourth-order valence-electron chi connectivity index (χ4n) is 1.45. The van der Waals surface area contributed by atoms with Crippen LogP contribution >= 0.6 is 11.6 Å². The van der Waals surface area contributed by atoms with Gasteiger partial charge in [0, 0.05) is 17.5 Å². The zero-order valence-corrected chi connectivity index (χ0v) is 11.4. The van der Waals surface area contributed by atoms with Gasteiger partial charge in [0.15, 0.2) is 0 Å². The average Bonchev–Trinajstić information content (AvgIpc) is 2.14. The largest absolute Gasteiger partial charge is 0.248 e. The van der Waals surface area contributed by atoms with Crippen molar-refractivity contribution in [3.8, 4) is 0 Å². The number of aromatic nitrogens is 2. The van der Waals surface area contributed by atoms with Gasteiger partial charge in [-0.1, -0.05) is 25.4 Å². The zero-order valence-electron chi connectivity index (χ0n) is 9.78. The molecule has 0 saturated carbocycles. The molecule has 0 aliphatic heterocycles. The van der Waals surface area contributed by atoms with E-state index in [0.29, 0.717) is 5.69 Å². The van der Waals surface area contributed by atoms with E-state index in [1.165, 1.54) is 0 Å². The summed E-state index contributed by atoms with van der Waals surface area (Å²) in [5.41, 5.74) is 1.46. The van der Waals surface area contributed by atoms with E-state index in [2.05, 4.69) is 9.97 Å². The Hall–Kier alpha value is -0.680. The van der Waals surface area contributed by atoms with Crippen molar-refractivity contribution >= 4 is 21.4 Å². The lowest BCUT2D eigenvalue weighted by molar-refractivity contribution is 0.590. The standard InChI is InChI=1S/C10H15ClN2O2S/c1-5-6(2)8-7(3)12-10(13-9(8)11)16(4,14)15/h6H,5H2,1-4H3. The van der Waals surface area contributed by atoms with Crippen molar-refractivity contribution in [2.75, 3.05) is 6.26 Å². The molecule has 1 aromatic heterocycles. The predicted molar refractivity (Wildman–Crippen MR) is 63.6 cm³/mol. The molecule has 0 aliphatic rings. The normalized spacial score (nSPS) is 13.8. The molecule has 1 aromatic rings. The van der Waals surface area contributed by atoms with E-state index in [-0.39, 0.29) is 16.2 Å². The van der Waals surface area contributed by atoms with Crippen LogP contribution < -0.4 is 0 Å². The highest BCUT2D eigenvalue weighted by Crippen LogP contribution is 2.28. The Kier molecular flexibility index (Phi) is 3.91. The van der Waals surface area contributed by atoms with Gasteiger partial charge in [0.1, 0.15) is 5.15 Å². The van der Waals surface area contributed by atoms with Crippen molar-refractivity contribution in [2.24, 2.45) is 0 Å². The minimum absolute atomic E-state index is 0.206. The van der Waals surface area contributed by atoms with Crippen LogP contribution in [0.25, 0.3) is 0 Å². The van der Waals surface area contributed by atoms with E-state index in [1.807, 2.05) is 13.8 Å². The Morgan fingerprint density at radius 2 is 1.94 bits per heavy atom. The van der Waals surface area contributed by atoms with Crippen LogP contribution in [0.15, 0.2) is 5.16 Å². The smallest absolute Gasteiger partial charge is 0.223 e. The first kappa shape index (κ1) is 13.4. The molecule has 0 fully saturated rings. The highest BCUT2D eigenvalue weighted by molar-refractivity contribution is 7.90. The minimum atomic E-state index is -3.40. The molecule has 6 heteroatoms. The Morgan fingerprint density at radius 1 is 1.38 bits per heavy atom. The Balaban J connectivity index is 3.40. The van der Waals surface area contributed by atoms with Gasteiger partial charge in [-0.3, -0.25) is 0 Å². The van der Waals surface area contributed by atoms with Crippen LogP contribution in [0.5, 0.6) is 0 Å². The molecule has 1 heterocycles. The van der Waals surface area contributed by atoms with Crippen LogP contribution in [0.2, 0.25) is 5.15 Å². The van der Waals surface area contributed by atoms with Gasteiger partial charge in [0.05, 0.1) is 0 Å². The SMILES string of the molecule is CCC(C)c1c(C)nc(S(C)(=O)=O)nc1Cl. The van der Waals surface area contributed by atoms with E-state index in [9.17, 15) is 8.42 Å². The third-order valence-electron chi connectivity index (χ3n) is 2.51. The van der Waals surface area contributed by atoms with Crippen LogP contribution in [-0.4, -0.2) is 24.6 Å². The molecule has 0 amide bonds. The third kappa shape index (κ3) is 2.71. The molecule has 0 bridgehead atoms. The molecule has 4 nitrogen and oxygen atoms in total. The molecule has 90 valence electrons. The third-order valence-corrected chi connectivity index (χ3v) is 3.64. The molecule has 0 spiro atoms. The number of hydrogen-bond donors (Lipinski definition) is 0. The van der Waals surface area contributed by atoms with E-state index in [0.717, 1.165) is 18.2 Å². The molecule has 0 aliphatic carbocycles. The van der Waals surface area contributed by atoms with Crippen LogP contribution in [0.3, 0.4) is 0 Å². The van der Waals surface area contributed by atoms with Gasteiger partial charge in [-0.15, -0.1) is 0 Å². The van der Waals surface area contributed by atoms with Crippen LogP contribution in [0, 0.1) is 6.92 Å². The summed E-state index contributed by atoms with van der Waals surface area (Å²) in [5.74, 6) is 0.223. The maximum absolute atomic E-state index is 11.3. The van der Waals surface area contributed by atoms with Gasteiger partial charge in [-0.05, 0) is 19.3 Å². The van der Waals surface area contributed by atoms with E-state index in [1.54, 1.807) is 6.92 Å². The lowest BCUT2D eigenvalue weighted by Gasteiger charge is -2.13. The van der Waals surface area contributed by atoms with Gasteiger partial charge >= 0.3 is 0 Å². The van der Waals surface area contributed by atoms with Crippen LogP contribution in [0.4, 0.5) is 0 Å².